The lowest BCUT2D eigenvalue weighted by atomic mass is 9.97. The first-order chi connectivity index (χ1) is 14.2. The Morgan fingerprint density at radius 1 is 1.14 bits per heavy atom. The molecule has 0 radical (unpaired) electrons. The van der Waals surface area contributed by atoms with Crippen LogP contribution in [0.5, 0.6) is 0 Å². The molecule has 2 aromatic rings. The molecule has 0 saturated carbocycles. The zero-order valence-corrected chi connectivity index (χ0v) is 17.9. The molecule has 2 aliphatic heterocycles. The number of likely N-dealkylation sites (tertiary alicyclic amines) is 1. The summed E-state index contributed by atoms with van der Waals surface area (Å²) < 4.78 is 0. The largest absolute Gasteiger partial charge is 0.337 e. The van der Waals surface area contributed by atoms with Gasteiger partial charge >= 0.3 is 6.03 Å². The number of hydrogen-bond acceptors (Lipinski definition) is 6. The van der Waals surface area contributed by atoms with Crippen LogP contribution in [0.4, 0.5) is 10.7 Å². The fourth-order valence-electron chi connectivity index (χ4n) is 4.09. The molecule has 156 valence electrons. The van der Waals surface area contributed by atoms with Crippen LogP contribution in [0.1, 0.15) is 30.7 Å². The van der Waals surface area contributed by atoms with E-state index in [1.165, 1.54) is 17.7 Å². The first-order valence-corrected chi connectivity index (χ1v) is 11.4. The molecule has 1 unspecified atom stereocenters. The van der Waals surface area contributed by atoms with Crippen molar-refractivity contribution in [3.8, 4) is 0 Å². The molecular weight excluding hydrogens is 384 g/mol. The summed E-state index contributed by atoms with van der Waals surface area (Å²) in [7, 11) is 0. The molecule has 2 fully saturated rings. The fourth-order valence-corrected chi connectivity index (χ4v) is 4.95. The number of urea groups is 1. The Balaban J connectivity index is 1.30. The number of nitrogens with one attached hydrogen (secondary N) is 1. The summed E-state index contributed by atoms with van der Waals surface area (Å²) in [6.07, 6.45) is 5.99. The third-order valence-electron chi connectivity index (χ3n) is 5.98. The summed E-state index contributed by atoms with van der Waals surface area (Å²) in [5.41, 5.74) is 0. The van der Waals surface area contributed by atoms with Gasteiger partial charge in [-0.15, -0.1) is 11.3 Å². The Morgan fingerprint density at radius 2 is 1.86 bits per heavy atom. The van der Waals surface area contributed by atoms with E-state index < -0.39 is 0 Å². The summed E-state index contributed by atoms with van der Waals surface area (Å²) in [6.45, 7) is 8.11. The summed E-state index contributed by atoms with van der Waals surface area (Å²) in [4.78, 5) is 29.3. The van der Waals surface area contributed by atoms with Crippen molar-refractivity contribution in [3.63, 3.8) is 0 Å². The Labute approximate surface area is 176 Å². The molecule has 0 aromatic carbocycles. The van der Waals surface area contributed by atoms with Gasteiger partial charge in [-0.2, -0.15) is 0 Å². The number of nitrogens with zero attached hydrogens (tertiary/aromatic N) is 5. The lowest BCUT2D eigenvalue weighted by Crippen LogP contribution is -2.53. The van der Waals surface area contributed by atoms with Crippen LogP contribution < -0.4 is 10.2 Å². The average Bonchev–Trinajstić information content (AvgIpc) is 3.30. The number of hydrogen-bond donors (Lipinski definition) is 1. The van der Waals surface area contributed by atoms with E-state index in [1.807, 2.05) is 11.0 Å². The van der Waals surface area contributed by atoms with Crippen molar-refractivity contribution in [2.45, 2.75) is 25.8 Å². The van der Waals surface area contributed by atoms with Crippen LogP contribution in [0.15, 0.2) is 36.0 Å². The van der Waals surface area contributed by atoms with Crippen LogP contribution in [-0.4, -0.2) is 71.6 Å². The van der Waals surface area contributed by atoms with Crippen LogP contribution in [0, 0.1) is 5.92 Å². The maximum atomic E-state index is 12.8. The topological polar surface area (TPSA) is 64.6 Å². The van der Waals surface area contributed by atoms with Crippen LogP contribution in [0.2, 0.25) is 0 Å². The second-order valence-corrected chi connectivity index (χ2v) is 8.94. The quantitative estimate of drug-likeness (QED) is 0.815. The molecule has 29 heavy (non-hydrogen) atoms. The van der Waals surface area contributed by atoms with Gasteiger partial charge in [0.2, 0.25) is 5.95 Å². The number of rotatable bonds is 5. The Kier molecular flexibility index (Phi) is 6.61. The van der Waals surface area contributed by atoms with Crippen molar-refractivity contribution in [3.05, 3.63) is 40.8 Å². The summed E-state index contributed by atoms with van der Waals surface area (Å²) in [5, 5.41) is 5.33. The number of thiophene rings is 1. The van der Waals surface area contributed by atoms with E-state index in [4.69, 9.17) is 0 Å². The lowest BCUT2D eigenvalue weighted by molar-refractivity contribution is 0.134. The summed E-state index contributed by atoms with van der Waals surface area (Å²) >= 11 is 1.78. The third-order valence-corrected chi connectivity index (χ3v) is 6.95. The van der Waals surface area contributed by atoms with Crippen molar-refractivity contribution in [2.24, 2.45) is 5.92 Å². The van der Waals surface area contributed by atoms with E-state index in [2.05, 4.69) is 49.5 Å². The highest BCUT2D eigenvalue weighted by Gasteiger charge is 2.27. The lowest BCUT2D eigenvalue weighted by Gasteiger charge is -2.37. The van der Waals surface area contributed by atoms with E-state index in [1.54, 1.807) is 23.7 Å². The fraction of sp³-hybridized carbons (Fsp3) is 0.571. The zero-order chi connectivity index (χ0) is 20.1. The van der Waals surface area contributed by atoms with E-state index in [-0.39, 0.29) is 12.1 Å². The number of amides is 2. The van der Waals surface area contributed by atoms with Gasteiger partial charge in [0.1, 0.15) is 0 Å². The van der Waals surface area contributed by atoms with Crippen LogP contribution in [0.25, 0.3) is 0 Å². The van der Waals surface area contributed by atoms with Crippen LogP contribution in [0.3, 0.4) is 0 Å². The van der Waals surface area contributed by atoms with E-state index in [0.717, 1.165) is 38.0 Å². The first-order valence-electron chi connectivity index (χ1n) is 10.5. The summed E-state index contributed by atoms with van der Waals surface area (Å²) in [6, 6.07) is 6.42. The molecule has 2 amide bonds. The van der Waals surface area contributed by atoms with E-state index in [9.17, 15) is 4.79 Å². The highest BCUT2D eigenvalue weighted by Crippen LogP contribution is 2.29. The molecule has 0 spiro atoms. The molecule has 1 atom stereocenters. The smallest absolute Gasteiger partial charge is 0.317 e. The van der Waals surface area contributed by atoms with Crippen molar-refractivity contribution < 1.29 is 4.79 Å². The minimum atomic E-state index is 0.0329. The molecule has 2 aromatic heterocycles. The average molecular weight is 415 g/mol. The molecule has 4 heterocycles. The van der Waals surface area contributed by atoms with Crippen molar-refractivity contribution in [2.75, 3.05) is 50.7 Å². The van der Waals surface area contributed by atoms with Gasteiger partial charge in [0.15, 0.2) is 0 Å². The van der Waals surface area contributed by atoms with Gasteiger partial charge in [-0.05, 0) is 49.4 Å². The van der Waals surface area contributed by atoms with Crippen molar-refractivity contribution in [1.29, 1.82) is 0 Å². The zero-order valence-electron chi connectivity index (χ0n) is 17.0. The first kappa shape index (κ1) is 20.1. The molecule has 7 nitrogen and oxygen atoms in total. The number of piperazine rings is 1. The minimum Gasteiger partial charge on any atom is -0.337 e. The number of piperidine rings is 1. The molecule has 8 heteroatoms. The van der Waals surface area contributed by atoms with Gasteiger partial charge < -0.3 is 15.1 Å². The molecular formula is C21H30N6OS. The highest BCUT2D eigenvalue weighted by molar-refractivity contribution is 7.10. The molecule has 0 bridgehead atoms. The third kappa shape index (κ3) is 5.05. The van der Waals surface area contributed by atoms with E-state index in [0.29, 0.717) is 19.6 Å². The standard InChI is InChI=1S/C21H30N6OS/c1-17-5-9-25(10-6-17)18(19-4-2-15-29-19)16-24-21(28)27-13-11-26(12-14-27)20-22-7-3-8-23-20/h2-4,7-8,15,17-18H,5-6,9-14,16H2,1H3,(H,24,28). The molecule has 2 saturated heterocycles. The van der Waals surface area contributed by atoms with Crippen LogP contribution in [-0.2, 0) is 0 Å². The minimum absolute atomic E-state index is 0.0329. The second kappa shape index (κ2) is 9.54. The van der Waals surface area contributed by atoms with Gasteiger partial charge in [-0.25, -0.2) is 14.8 Å². The second-order valence-electron chi connectivity index (χ2n) is 7.96. The Bertz CT molecular complexity index is 755. The molecule has 1 N–H and O–H groups in total. The van der Waals surface area contributed by atoms with Crippen molar-refractivity contribution in [1.82, 2.24) is 25.1 Å². The number of anilines is 1. The number of carbonyl (C=O) groups excluding carboxylic acids is 1. The maximum Gasteiger partial charge on any atom is 0.317 e. The monoisotopic (exact) mass is 414 g/mol. The maximum absolute atomic E-state index is 12.8. The van der Waals surface area contributed by atoms with Crippen molar-refractivity contribution >= 4 is 23.3 Å². The Morgan fingerprint density at radius 3 is 2.52 bits per heavy atom. The van der Waals surface area contributed by atoms with Gasteiger partial charge in [-0.3, -0.25) is 4.90 Å². The molecule has 4 rings (SSSR count). The van der Waals surface area contributed by atoms with E-state index >= 15 is 0 Å². The normalized spacial score (nSPS) is 19.9. The Hall–Kier alpha value is -2.19. The highest BCUT2D eigenvalue weighted by atomic mass is 32.1. The van der Waals surface area contributed by atoms with Gasteiger partial charge in [-0.1, -0.05) is 13.0 Å². The molecule has 2 aliphatic rings. The number of carbonyl (C=O) groups is 1. The van der Waals surface area contributed by atoms with Gasteiger partial charge in [0.25, 0.3) is 0 Å². The summed E-state index contributed by atoms with van der Waals surface area (Å²) in [5.74, 6) is 1.54. The van der Waals surface area contributed by atoms with Gasteiger partial charge in [0.05, 0.1) is 6.04 Å². The van der Waals surface area contributed by atoms with Crippen LogP contribution >= 0.6 is 11.3 Å². The predicted octanol–water partition coefficient (Wildman–Crippen LogP) is 2.84. The van der Waals surface area contributed by atoms with Gasteiger partial charge in [0, 0.05) is 50.0 Å². The number of aromatic nitrogens is 2. The SMILES string of the molecule is CC1CCN(C(CNC(=O)N2CCN(c3ncccn3)CC2)c2cccs2)CC1. The predicted molar refractivity (Wildman–Crippen MR) is 116 cm³/mol. The molecule has 0 aliphatic carbocycles.